The Hall–Kier alpha value is -0.970. The lowest BCUT2D eigenvalue weighted by Gasteiger charge is -1.70. The number of aromatic nitrogens is 2. The predicted octanol–water partition coefficient (Wildman–Crippen LogP) is 0.137. The summed E-state index contributed by atoms with van der Waals surface area (Å²) in [6.07, 6.45) is 7.19. The minimum Gasteiger partial charge on any atom is -0.245 e. The molecule has 0 aliphatic carbocycles. The monoisotopic (exact) mass is 174 g/mol. The Kier molecular flexibility index (Phi) is 4.36. The normalized spacial score (nSPS) is 9.64. The van der Waals surface area contributed by atoms with Gasteiger partial charge >= 0.3 is 0 Å². The van der Waals surface area contributed by atoms with Gasteiger partial charge in [0.15, 0.2) is 0 Å². The fourth-order valence-electron chi connectivity index (χ4n) is 0.253. The first-order chi connectivity index (χ1) is 5.00. The van der Waals surface area contributed by atoms with E-state index >= 15 is 0 Å². The zero-order valence-corrected chi connectivity index (χ0v) is 7.25. The summed E-state index contributed by atoms with van der Waals surface area (Å²) in [4.78, 5) is 7.35. The van der Waals surface area contributed by atoms with Crippen molar-refractivity contribution in [2.75, 3.05) is 12.5 Å². The van der Waals surface area contributed by atoms with Gasteiger partial charge in [-0.25, -0.2) is 18.4 Å². The van der Waals surface area contributed by atoms with Crippen LogP contribution in [0.5, 0.6) is 0 Å². The van der Waals surface area contributed by atoms with Crippen molar-refractivity contribution in [2.45, 2.75) is 0 Å². The van der Waals surface area contributed by atoms with Crippen molar-refractivity contribution < 1.29 is 8.42 Å². The van der Waals surface area contributed by atoms with Crippen molar-refractivity contribution in [3.63, 3.8) is 0 Å². The summed E-state index contributed by atoms with van der Waals surface area (Å²) >= 11 is 0. The van der Waals surface area contributed by atoms with Crippen LogP contribution in [0.2, 0.25) is 0 Å². The molecule has 0 amide bonds. The molecule has 62 valence electrons. The van der Waals surface area contributed by atoms with E-state index < -0.39 is 9.84 Å². The van der Waals surface area contributed by atoms with Gasteiger partial charge in [0.25, 0.3) is 0 Å². The first kappa shape index (κ1) is 10.0. The number of rotatable bonds is 0. The van der Waals surface area contributed by atoms with Crippen molar-refractivity contribution >= 4 is 9.84 Å². The molecule has 0 fully saturated rings. The van der Waals surface area contributed by atoms with Crippen molar-refractivity contribution in [1.29, 1.82) is 0 Å². The Morgan fingerprint density at radius 1 is 1.09 bits per heavy atom. The second-order valence-electron chi connectivity index (χ2n) is 2.05. The molecule has 1 aromatic heterocycles. The summed E-state index contributed by atoms with van der Waals surface area (Å²) in [5.41, 5.74) is 0. The van der Waals surface area contributed by atoms with E-state index in [2.05, 4.69) is 9.97 Å². The zero-order valence-electron chi connectivity index (χ0n) is 6.43. The quantitative estimate of drug-likeness (QED) is 0.561. The van der Waals surface area contributed by atoms with Crippen LogP contribution in [0, 0.1) is 0 Å². The molecule has 4 nitrogen and oxygen atoms in total. The van der Waals surface area contributed by atoms with Gasteiger partial charge in [-0.2, -0.15) is 0 Å². The zero-order chi connectivity index (χ0) is 8.74. The van der Waals surface area contributed by atoms with Gasteiger partial charge in [0.2, 0.25) is 0 Å². The first-order valence-electron chi connectivity index (χ1n) is 2.85. The van der Waals surface area contributed by atoms with Crippen LogP contribution in [0.25, 0.3) is 0 Å². The highest BCUT2D eigenvalue weighted by atomic mass is 32.2. The molecule has 1 aromatic rings. The number of hydrogen-bond acceptors (Lipinski definition) is 4. The molecule has 0 N–H and O–H groups in total. The van der Waals surface area contributed by atoms with Crippen LogP contribution in [0.4, 0.5) is 0 Å². The van der Waals surface area contributed by atoms with E-state index in [-0.39, 0.29) is 0 Å². The molecule has 5 heteroatoms. The highest BCUT2D eigenvalue weighted by molar-refractivity contribution is 7.89. The fraction of sp³-hybridized carbons (Fsp3) is 0.333. The molecule has 0 radical (unpaired) electrons. The predicted molar refractivity (Wildman–Crippen MR) is 42.8 cm³/mol. The van der Waals surface area contributed by atoms with Crippen LogP contribution < -0.4 is 0 Å². The Labute approximate surface area is 66.2 Å². The third-order valence-corrected chi connectivity index (χ3v) is 0.478. The average Bonchev–Trinajstić information content (AvgIpc) is 1.88. The van der Waals surface area contributed by atoms with Crippen molar-refractivity contribution in [2.24, 2.45) is 0 Å². The van der Waals surface area contributed by atoms with E-state index in [0.717, 1.165) is 12.5 Å². The van der Waals surface area contributed by atoms with Gasteiger partial charge in [-0.3, -0.25) is 0 Å². The van der Waals surface area contributed by atoms with Gasteiger partial charge in [0.1, 0.15) is 16.2 Å². The molecule has 0 atom stereocenters. The topological polar surface area (TPSA) is 59.9 Å². The summed E-state index contributed by atoms with van der Waals surface area (Å²) in [5.74, 6) is 0. The van der Waals surface area contributed by atoms with Crippen LogP contribution in [0.1, 0.15) is 0 Å². The Morgan fingerprint density at radius 3 is 1.55 bits per heavy atom. The van der Waals surface area contributed by atoms with E-state index in [1.165, 1.54) is 6.33 Å². The molecule has 0 saturated carbocycles. The molecule has 0 unspecified atom stereocenters. The van der Waals surface area contributed by atoms with Gasteiger partial charge < -0.3 is 0 Å². The maximum absolute atomic E-state index is 9.63. The van der Waals surface area contributed by atoms with Gasteiger partial charge in [-0.1, -0.05) is 0 Å². The minimum atomic E-state index is -2.67. The summed E-state index contributed by atoms with van der Waals surface area (Å²) in [6, 6.07) is 1.78. The standard InChI is InChI=1S/C4H4N2.C2H6O2S/c1-2-5-4-6-3-1;1-5(2,3)4/h1-4H;1-2H3. The molecule has 0 bridgehead atoms. The maximum Gasteiger partial charge on any atom is 0.144 e. The lowest BCUT2D eigenvalue weighted by Crippen LogP contribution is -1.86. The lowest BCUT2D eigenvalue weighted by molar-refractivity contribution is 0.607. The number of sulfone groups is 1. The SMILES string of the molecule is CS(C)(=O)=O.c1cncnc1. The lowest BCUT2D eigenvalue weighted by atomic mass is 10.7. The molecule has 0 spiro atoms. The summed E-state index contributed by atoms with van der Waals surface area (Å²) < 4.78 is 19.3. The van der Waals surface area contributed by atoms with Crippen LogP contribution in [0.15, 0.2) is 24.8 Å². The average molecular weight is 174 g/mol. The Balaban J connectivity index is 0.000000187. The molecule has 0 aliphatic heterocycles. The summed E-state index contributed by atoms with van der Waals surface area (Å²) in [7, 11) is -2.67. The Morgan fingerprint density at radius 2 is 1.45 bits per heavy atom. The van der Waals surface area contributed by atoms with Crippen LogP contribution in [-0.2, 0) is 9.84 Å². The highest BCUT2D eigenvalue weighted by Crippen LogP contribution is 1.66. The van der Waals surface area contributed by atoms with Gasteiger partial charge in [0.05, 0.1) is 0 Å². The molecule has 1 heterocycles. The molecule has 11 heavy (non-hydrogen) atoms. The molecule has 0 aliphatic rings. The van der Waals surface area contributed by atoms with E-state index in [4.69, 9.17) is 0 Å². The Bertz CT molecular complexity index is 235. The summed E-state index contributed by atoms with van der Waals surface area (Å²) in [5, 5.41) is 0. The smallest absolute Gasteiger partial charge is 0.144 e. The minimum absolute atomic E-state index is 1.16. The molecular formula is C6H10N2O2S. The van der Waals surface area contributed by atoms with Crippen LogP contribution >= 0.6 is 0 Å². The second-order valence-corrected chi connectivity index (χ2v) is 4.33. The van der Waals surface area contributed by atoms with Gasteiger partial charge in [0, 0.05) is 24.9 Å². The first-order valence-corrected chi connectivity index (χ1v) is 5.15. The largest absolute Gasteiger partial charge is 0.245 e. The second kappa shape index (κ2) is 4.79. The number of hydrogen-bond donors (Lipinski definition) is 0. The van der Waals surface area contributed by atoms with Gasteiger partial charge in [-0.05, 0) is 6.07 Å². The van der Waals surface area contributed by atoms with Gasteiger partial charge in [-0.15, -0.1) is 0 Å². The van der Waals surface area contributed by atoms with Crippen molar-refractivity contribution in [3.05, 3.63) is 24.8 Å². The van der Waals surface area contributed by atoms with Crippen LogP contribution in [0.3, 0.4) is 0 Å². The summed E-state index contributed by atoms with van der Waals surface area (Å²) in [6.45, 7) is 0. The highest BCUT2D eigenvalue weighted by Gasteiger charge is 1.79. The molecule has 0 aromatic carbocycles. The van der Waals surface area contributed by atoms with Crippen LogP contribution in [-0.4, -0.2) is 30.9 Å². The van der Waals surface area contributed by atoms with E-state index in [1.807, 2.05) is 0 Å². The third kappa shape index (κ3) is 17.6. The maximum atomic E-state index is 9.63. The molecule has 0 saturated heterocycles. The van der Waals surface area contributed by atoms with Crippen molar-refractivity contribution in [1.82, 2.24) is 9.97 Å². The third-order valence-electron chi connectivity index (χ3n) is 0.478. The molecular weight excluding hydrogens is 164 g/mol. The van der Waals surface area contributed by atoms with E-state index in [0.29, 0.717) is 0 Å². The van der Waals surface area contributed by atoms with E-state index in [9.17, 15) is 8.42 Å². The number of nitrogens with zero attached hydrogens (tertiary/aromatic N) is 2. The van der Waals surface area contributed by atoms with E-state index in [1.54, 1.807) is 18.5 Å². The van der Waals surface area contributed by atoms with Crippen molar-refractivity contribution in [3.8, 4) is 0 Å². The fourth-order valence-corrected chi connectivity index (χ4v) is 0.253. The molecule has 1 rings (SSSR count).